The number of rotatable bonds is 10. The van der Waals surface area contributed by atoms with Crippen molar-refractivity contribution in [1.29, 1.82) is 0 Å². The lowest BCUT2D eigenvalue weighted by atomic mass is 10.1. The van der Waals surface area contributed by atoms with Crippen LogP contribution in [0.25, 0.3) is 0 Å². The summed E-state index contributed by atoms with van der Waals surface area (Å²) in [6, 6.07) is 0. The van der Waals surface area contributed by atoms with E-state index in [0.29, 0.717) is 33.0 Å². The van der Waals surface area contributed by atoms with Crippen molar-refractivity contribution in [3.05, 3.63) is 12.2 Å². The van der Waals surface area contributed by atoms with Crippen molar-refractivity contribution in [1.82, 2.24) is 0 Å². The van der Waals surface area contributed by atoms with Gasteiger partial charge >= 0.3 is 0 Å². The van der Waals surface area contributed by atoms with Crippen LogP contribution < -0.4 is 0 Å². The fourth-order valence-corrected chi connectivity index (χ4v) is 1.74. The van der Waals surface area contributed by atoms with Crippen molar-refractivity contribution in [2.45, 2.75) is 25.4 Å². The lowest BCUT2D eigenvalue weighted by molar-refractivity contribution is -0.0384. The largest absolute Gasteiger partial charge is 0.377 e. The standard InChI is InChI=1S/C14H25FO4/c15-6-8-16-9-10-17-11-12-18-13-14-5-3-1-2-4-7-19-14/h1-2,14H,3-13H2/b2-1+/t14-/m0/s1. The van der Waals surface area contributed by atoms with Crippen molar-refractivity contribution in [3.63, 3.8) is 0 Å². The van der Waals surface area contributed by atoms with Gasteiger partial charge in [0.1, 0.15) is 6.67 Å². The highest BCUT2D eigenvalue weighted by Gasteiger charge is 2.09. The quantitative estimate of drug-likeness (QED) is 0.452. The summed E-state index contributed by atoms with van der Waals surface area (Å²) < 4.78 is 33.1. The van der Waals surface area contributed by atoms with Gasteiger partial charge in [-0.3, -0.25) is 0 Å². The molecule has 0 N–H and O–H groups in total. The molecule has 0 bridgehead atoms. The van der Waals surface area contributed by atoms with Crippen LogP contribution in [-0.4, -0.2) is 59.0 Å². The number of hydrogen-bond donors (Lipinski definition) is 0. The maximum absolute atomic E-state index is 11.7. The monoisotopic (exact) mass is 276 g/mol. The molecule has 1 rings (SSSR count). The van der Waals surface area contributed by atoms with Gasteiger partial charge in [0.2, 0.25) is 0 Å². The Balaban J connectivity index is 1.85. The minimum Gasteiger partial charge on any atom is -0.377 e. The predicted molar refractivity (Wildman–Crippen MR) is 71.2 cm³/mol. The van der Waals surface area contributed by atoms with Crippen molar-refractivity contribution in [2.75, 3.05) is 52.9 Å². The first-order chi connectivity index (χ1) is 9.43. The van der Waals surface area contributed by atoms with Crippen LogP contribution in [0.15, 0.2) is 12.2 Å². The molecule has 112 valence electrons. The lowest BCUT2D eigenvalue weighted by Gasteiger charge is -2.18. The molecule has 0 aromatic heterocycles. The van der Waals surface area contributed by atoms with Gasteiger partial charge in [0.25, 0.3) is 0 Å². The van der Waals surface area contributed by atoms with E-state index in [1.807, 2.05) is 0 Å². The van der Waals surface area contributed by atoms with E-state index < -0.39 is 6.67 Å². The second-order valence-electron chi connectivity index (χ2n) is 4.32. The van der Waals surface area contributed by atoms with E-state index >= 15 is 0 Å². The molecule has 0 unspecified atom stereocenters. The highest BCUT2D eigenvalue weighted by Crippen LogP contribution is 2.08. The third-order valence-corrected chi connectivity index (χ3v) is 2.73. The highest BCUT2D eigenvalue weighted by atomic mass is 19.1. The summed E-state index contributed by atoms with van der Waals surface area (Å²) >= 11 is 0. The molecule has 0 aromatic carbocycles. The molecule has 0 amide bonds. The molecule has 5 heteroatoms. The van der Waals surface area contributed by atoms with E-state index in [-0.39, 0.29) is 12.7 Å². The van der Waals surface area contributed by atoms with E-state index in [0.717, 1.165) is 25.9 Å². The molecule has 1 aliphatic heterocycles. The maximum Gasteiger partial charge on any atom is 0.113 e. The average Bonchev–Trinajstić information content (AvgIpc) is 2.39. The van der Waals surface area contributed by atoms with Crippen LogP contribution in [0, 0.1) is 0 Å². The minimum atomic E-state index is -0.445. The molecule has 0 fully saturated rings. The van der Waals surface area contributed by atoms with Gasteiger partial charge in [0.05, 0.1) is 52.4 Å². The summed E-state index contributed by atoms with van der Waals surface area (Å²) in [7, 11) is 0. The Bertz CT molecular complexity index is 223. The van der Waals surface area contributed by atoms with Crippen LogP contribution in [0.4, 0.5) is 4.39 Å². The van der Waals surface area contributed by atoms with Crippen molar-refractivity contribution >= 4 is 0 Å². The van der Waals surface area contributed by atoms with E-state index in [2.05, 4.69) is 12.2 Å². The van der Waals surface area contributed by atoms with Gasteiger partial charge in [-0.2, -0.15) is 0 Å². The van der Waals surface area contributed by atoms with Gasteiger partial charge in [0, 0.05) is 0 Å². The number of hydrogen-bond acceptors (Lipinski definition) is 4. The fraction of sp³-hybridized carbons (Fsp3) is 0.857. The molecule has 0 aliphatic carbocycles. The number of alkyl halides is 1. The smallest absolute Gasteiger partial charge is 0.113 e. The fourth-order valence-electron chi connectivity index (χ4n) is 1.74. The molecule has 0 saturated carbocycles. The van der Waals surface area contributed by atoms with E-state index in [1.165, 1.54) is 0 Å². The first-order valence-corrected chi connectivity index (χ1v) is 6.99. The van der Waals surface area contributed by atoms with Gasteiger partial charge in [0.15, 0.2) is 0 Å². The predicted octanol–water partition coefficient (Wildman–Crippen LogP) is 2.13. The molecule has 1 aliphatic rings. The molecule has 4 nitrogen and oxygen atoms in total. The number of ether oxygens (including phenoxy) is 4. The summed E-state index contributed by atoms with van der Waals surface area (Å²) in [5.41, 5.74) is 0. The van der Waals surface area contributed by atoms with Gasteiger partial charge in [-0.1, -0.05) is 12.2 Å². The Morgan fingerprint density at radius 1 is 0.947 bits per heavy atom. The van der Waals surface area contributed by atoms with Crippen LogP contribution in [0.1, 0.15) is 19.3 Å². The molecular formula is C14H25FO4. The Labute approximate surface area is 114 Å². The summed E-state index contributed by atoms with van der Waals surface area (Å²) in [6.07, 6.45) is 7.60. The normalized spacial score (nSPS) is 21.8. The SMILES string of the molecule is FCCOCCOCCOC[C@@H]1CC/C=C/CCO1. The molecule has 0 spiro atoms. The van der Waals surface area contributed by atoms with Crippen LogP contribution >= 0.6 is 0 Å². The van der Waals surface area contributed by atoms with Gasteiger partial charge < -0.3 is 18.9 Å². The van der Waals surface area contributed by atoms with Crippen LogP contribution in [0.5, 0.6) is 0 Å². The molecule has 1 heterocycles. The second kappa shape index (κ2) is 12.5. The third-order valence-electron chi connectivity index (χ3n) is 2.73. The van der Waals surface area contributed by atoms with Crippen molar-refractivity contribution < 1.29 is 23.3 Å². The average molecular weight is 276 g/mol. The molecule has 1 atom stereocenters. The van der Waals surface area contributed by atoms with E-state index in [1.54, 1.807) is 0 Å². The Hall–Kier alpha value is -0.490. The topological polar surface area (TPSA) is 36.9 Å². The zero-order valence-corrected chi connectivity index (χ0v) is 11.5. The number of allylic oxidation sites excluding steroid dienone is 1. The maximum atomic E-state index is 11.7. The van der Waals surface area contributed by atoms with Crippen LogP contribution in [0.2, 0.25) is 0 Å². The second-order valence-corrected chi connectivity index (χ2v) is 4.32. The van der Waals surface area contributed by atoms with E-state index in [4.69, 9.17) is 18.9 Å². The minimum absolute atomic E-state index is 0.146. The summed E-state index contributed by atoms with van der Waals surface area (Å²) in [4.78, 5) is 0. The number of halogens is 1. The molecular weight excluding hydrogens is 251 g/mol. The van der Waals surface area contributed by atoms with Gasteiger partial charge in [-0.25, -0.2) is 4.39 Å². The summed E-state index contributed by atoms with van der Waals surface area (Å²) in [5, 5.41) is 0. The van der Waals surface area contributed by atoms with E-state index in [9.17, 15) is 4.39 Å². The Morgan fingerprint density at radius 2 is 1.63 bits per heavy atom. The van der Waals surface area contributed by atoms with Crippen molar-refractivity contribution in [3.8, 4) is 0 Å². The third kappa shape index (κ3) is 10.0. The zero-order valence-electron chi connectivity index (χ0n) is 11.5. The Kier molecular flexibility index (Phi) is 10.9. The van der Waals surface area contributed by atoms with Gasteiger partial charge in [-0.05, 0) is 19.3 Å². The van der Waals surface area contributed by atoms with Crippen molar-refractivity contribution in [2.24, 2.45) is 0 Å². The van der Waals surface area contributed by atoms with Crippen LogP contribution in [-0.2, 0) is 18.9 Å². The first-order valence-electron chi connectivity index (χ1n) is 6.99. The zero-order chi connectivity index (χ0) is 13.6. The summed E-state index contributed by atoms with van der Waals surface area (Å²) in [5.74, 6) is 0. The first kappa shape index (κ1) is 16.6. The van der Waals surface area contributed by atoms with Crippen LogP contribution in [0.3, 0.4) is 0 Å². The molecule has 0 aromatic rings. The lowest BCUT2D eigenvalue weighted by Crippen LogP contribution is -2.22. The summed E-state index contributed by atoms with van der Waals surface area (Å²) in [6.45, 7) is 3.09. The van der Waals surface area contributed by atoms with Gasteiger partial charge in [-0.15, -0.1) is 0 Å². The Morgan fingerprint density at radius 3 is 2.42 bits per heavy atom. The highest BCUT2D eigenvalue weighted by molar-refractivity contribution is 4.84. The molecule has 0 saturated heterocycles. The molecule has 19 heavy (non-hydrogen) atoms. The molecule has 0 radical (unpaired) electrons.